The highest BCUT2D eigenvalue weighted by Gasteiger charge is 2.00. The van der Waals surface area contributed by atoms with Crippen molar-refractivity contribution >= 4 is 17.5 Å². The zero-order chi connectivity index (χ0) is 10.8. The van der Waals surface area contributed by atoms with Gasteiger partial charge in [0.1, 0.15) is 0 Å². The number of carbonyl (C=O) groups excluding carboxylic acids is 1. The Balaban J connectivity index is 3.31. The fraction of sp³-hybridized carbons (Fsp3) is 0.727. The van der Waals surface area contributed by atoms with Crippen LogP contribution in [0.25, 0.3) is 0 Å². The number of thioether (sulfide) groups is 1. The molecule has 0 aromatic rings. The van der Waals surface area contributed by atoms with Gasteiger partial charge in [0.05, 0.1) is 0 Å². The van der Waals surface area contributed by atoms with E-state index < -0.39 is 0 Å². The van der Waals surface area contributed by atoms with Gasteiger partial charge in [-0.2, -0.15) is 11.8 Å². The molecule has 0 aromatic carbocycles. The first kappa shape index (κ1) is 13.7. The van der Waals surface area contributed by atoms with Gasteiger partial charge in [-0.3, -0.25) is 4.79 Å². The Morgan fingerprint density at radius 2 is 2.21 bits per heavy atom. The summed E-state index contributed by atoms with van der Waals surface area (Å²) in [5.41, 5.74) is 0. The van der Waals surface area contributed by atoms with Crippen molar-refractivity contribution in [2.45, 2.75) is 20.8 Å². The molecule has 0 aliphatic heterocycles. The van der Waals surface area contributed by atoms with Gasteiger partial charge in [0.15, 0.2) is 5.78 Å². The van der Waals surface area contributed by atoms with E-state index in [1.165, 1.54) is 5.75 Å². The number of hydrogen-bond acceptors (Lipinski definition) is 3. The third-order valence-corrected chi connectivity index (χ3v) is 2.64. The molecule has 82 valence electrons. The highest BCUT2D eigenvalue weighted by atomic mass is 32.2. The molecule has 0 radical (unpaired) electrons. The number of nitrogens with one attached hydrogen (secondary N) is 1. The van der Waals surface area contributed by atoms with E-state index in [4.69, 9.17) is 0 Å². The zero-order valence-corrected chi connectivity index (χ0v) is 10.2. The van der Waals surface area contributed by atoms with Crippen molar-refractivity contribution in [2.24, 2.45) is 5.92 Å². The average Bonchev–Trinajstić information content (AvgIpc) is 2.16. The van der Waals surface area contributed by atoms with Crippen LogP contribution < -0.4 is 5.32 Å². The van der Waals surface area contributed by atoms with Crippen LogP contribution in [0.15, 0.2) is 12.2 Å². The van der Waals surface area contributed by atoms with E-state index in [-0.39, 0.29) is 11.7 Å². The van der Waals surface area contributed by atoms with Crippen LogP contribution in [0.5, 0.6) is 0 Å². The molecule has 0 aliphatic rings. The molecule has 0 aliphatic carbocycles. The van der Waals surface area contributed by atoms with Crippen molar-refractivity contribution < 1.29 is 4.79 Å². The molecular weight excluding hydrogens is 194 g/mol. The largest absolute Gasteiger partial charge is 0.312 e. The third-order valence-electron chi connectivity index (χ3n) is 1.74. The van der Waals surface area contributed by atoms with Crippen LogP contribution in [0.4, 0.5) is 0 Å². The van der Waals surface area contributed by atoms with Gasteiger partial charge in [-0.25, -0.2) is 0 Å². The second-order valence-electron chi connectivity index (χ2n) is 3.36. The molecule has 3 heteroatoms. The van der Waals surface area contributed by atoms with E-state index in [0.29, 0.717) is 0 Å². The Kier molecular flexibility index (Phi) is 9.10. The monoisotopic (exact) mass is 215 g/mol. The van der Waals surface area contributed by atoms with Crippen molar-refractivity contribution in [3.63, 3.8) is 0 Å². The Bertz CT molecular complexity index is 178. The number of rotatable bonds is 8. The van der Waals surface area contributed by atoms with Crippen LogP contribution in [-0.4, -0.2) is 30.4 Å². The van der Waals surface area contributed by atoms with Crippen LogP contribution >= 0.6 is 11.8 Å². The van der Waals surface area contributed by atoms with Gasteiger partial charge >= 0.3 is 0 Å². The molecular formula is C11H21NOS. The summed E-state index contributed by atoms with van der Waals surface area (Å²) in [4.78, 5) is 11.2. The summed E-state index contributed by atoms with van der Waals surface area (Å²) in [6.07, 6.45) is 3.57. The van der Waals surface area contributed by atoms with Crippen LogP contribution in [0, 0.1) is 5.92 Å². The molecule has 0 heterocycles. The Morgan fingerprint density at radius 1 is 1.50 bits per heavy atom. The normalized spacial score (nSPS) is 11.4. The minimum absolute atomic E-state index is 0.113. The minimum atomic E-state index is 0.113. The van der Waals surface area contributed by atoms with Gasteiger partial charge in [-0.05, 0) is 11.8 Å². The van der Waals surface area contributed by atoms with Crippen LogP contribution in [0.2, 0.25) is 0 Å². The van der Waals surface area contributed by atoms with E-state index >= 15 is 0 Å². The summed E-state index contributed by atoms with van der Waals surface area (Å²) in [7, 11) is 0. The van der Waals surface area contributed by atoms with E-state index in [1.54, 1.807) is 6.08 Å². The fourth-order valence-corrected chi connectivity index (χ4v) is 1.42. The molecule has 0 amide bonds. The maximum Gasteiger partial charge on any atom is 0.157 e. The molecule has 0 aromatic heterocycles. The minimum Gasteiger partial charge on any atom is -0.312 e. The lowest BCUT2D eigenvalue weighted by molar-refractivity contribution is -0.117. The van der Waals surface area contributed by atoms with Crippen LogP contribution in [0.1, 0.15) is 20.8 Å². The number of ketones is 1. The summed E-state index contributed by atoms with van der Waals surface area (Å²) in [6.45, 7) is 7.79. The van der Waals surface area contributed by atoms with Gasteiger partial charge in [-0.15, -0.1) is 0 Å². The second kappa shape index (κ2) is 9.28. The lowest BCUT2D eigenvalue weighted by Gasteiger charge is -2.00. The van der Waals surface area contributed by atoms with E-state index in [9.17, 15) is 4.79 Å². The quantitative estimate of drug-likeness (QED) is 0.497. The first-order chi connectivity index (χ1) is 6.68. The predicted octanol–water partition coefficient (Wildman–Crippen LogP) is 2.11. The maximum absolute atomic E-state index is 11.2. The molecule has 0 unspecified atom stereocenters. The van der Waals surface area contributed by atoms with E-state index in [1.807, 2.05) is 31.7 Å². The van der Waals surface area contributed by atoms with Crippen molar-refractivity contribution in [3.8, 4) is 0 Å². The fourth-order valence-electron chi connectivity index (χ4n) is 0.842. The third kappa shape index (κ3) is 8.32. The van der Waals surface area contributed by atoms with E-state index in [2.05, 4.69) is 12.2 Å². The SMILES string of the molecule is CCSCCNC/C=C/C(=O)C(C)C. The van der Waals surface area contributed by atoms with Crippen LogP contribution in [0.3, 0.4) is 0 Å². The standard InChI is InChI=1S/C11H21NOS/c1-4-14-9-8-12-7-5-6-11(13)10(2)3/h5-6,10,12H,4,7-9H2,1-3H3/b6-5+. The van der Waals surface area contributed by atoms with Crippen LogP contribution in [-0.2, 0) is 4.79 Å². The molecule has 0 spiro atoms. The molecule has 2 nitrogen and oxygen atoms in total. The van der Waals surface area contributed by atoms with Crippen molar-refractivity contribution in [3.05, 3.63) is 12.2 Å². The smallest absolute Gasteiger partial charge is 0.157 e. The number of allylic oxidation sites excluding steroid dienone is 1. The highest BCUT2D eigenvalue weighted by Crippen LogP contribution is 1.95. The van der Waals surface area contributed by atoms with Gasteiger partial charge in [0.2, 0.25) is 0 Å². The van der Waals surface area contributed by atoms with E-state index in [0.717, 1.165) is 18.8 Å². The Labute approximate surface area is 91.5 Å². The summed E-state index contributed by atoms with van der Waals surface area (Å²) in [6, 6.07) is 0. The average molecular weight is 215 g/mol. The molecule has 0 saturated carbocycles. The van der Waals surface area contributed by atoms with Crippen molar-refractivity contribution in [1.82, 2.24) is 5.32 Å². The number of carbonyl (C=O) groups is 1. The molecule has 14 heavy (non-hydrogen) atoms. The van der Waals surface area contributed by atoms with Gasteiger partial charge in [0.25, 0.3) is 0 Å². The molecule has 0 fully saturated rings. The van der Waals surface area contributed by atoms with Gasteiger partial charge in [-0.1, -0.05) is 26.8 Å². The zero-order valence-electron chi connectivity index (χ0n) is 9.38. The highest BCUT2D eigenvalue weighted by molar-refractivity contribution is 7.99. The molecule has 0 atom stereocenters. The molecule has 1 N–H and O–H groups in total. The van der Waals surface area contributed by atoms with Gasteiger partial charge < -0.3 is 5.32 Å². The lowest BCUT2D eigenvalue weighted by Crippen LogP contribution is -2.17. The maximum atomic E-state index is 11.2. The topological polar surface area (TPSA) is 29.1 Å². The summed E-state index contributed by atoms with van der Waals surface area (Å²) in [5, 5.41) is 3.25. The van der Waals surface area contributed by atoms with Gasteiger partial charge in [0, 0.05) is 24.8 Å². The Morgan fingerprint density at radius 3 is 2.79 bits per heavy atom. The first-order valence-electron chi connectivity index (χ1n) is 5.17. The van der Waals surface area contributed by atoms with Crippen molar-refractivity contribution in [2.75, 3.05) is 24.6 Å². The summed E-state index contributed by atoms with van der Waals surface area (Å²) in [5.74, 6) is 2.63. The predicted molar refractivity (Wildman–Crippen MR) is 64.9 cm³/mol. The Hall–Kier alpha value is -0.280. The summed E-state index contributed by atoms with van der Waals surface area (Å²) >= 11 is 1.92. The summed E-state index contributed by atoms with van der Waals surface area (Å²) < 4.78 is 0. The second-order valence-corrected chi connectivity index (χ2v) is 4.75. The first-order valence-corrected chi connectivity index (χ1v) is 6.32. The molecule has 0 rings (SSSR count). The molecule has 0 bridgehead atoms. The lowest BCUT2D eigenvalue weighted by atomic mass is 10.1. The molecule has 0 saturated heterocycles. The number of hydrogen-bond donors (Lipinski definition) is 1. The van der Waals surface area contributed by atoms with Crippen molar-refractivity contribution in [1.29, 1.82) is 0 Å².